The van der Waals surface area contributed by atoms with E-state index in [2.05, 4.69) is 4.72 Å². The minimum Gasteiger partial charge on any atom is -0.391 e. The highest BCUT2D eigenvalue weighted by Crippen LogP contribution is 2.21. The molecule has 0 aromatic carbocycles. The fourth-order valence-corrected chi connectivity index (χ4v) is 4.39. The van der Waals surface area contributed by atoms with Crippen LogP contribution in [0, 0.1) is 0 Å². The van der Waals surface area contributed by atoms with Crippen molar-refractivity contribution < 1.29 is 18.3 Å². The summed E-state index contributed by atoms with van der Waals surface area (Å²) < 4.78 is 32.3. The maximum Gasteiger partial charge on any atom is 0.241 e. The van der Waals surface area contributed by atoms with E-state index >= 15 is 0 Å². The molecule has 0 saturated carbocycles. The van der Waals surface area contributed by atoms with Crippen LogP contribution in [0.15, 0.2) is 16.3 Å². The predicted octanol–water partition coefficient (Wildman–Crippen LogP) is 1.09. The zero-order valence-corrected chi connectivity index (χ0v) is 11.8. The lowest BCUT2D eigenvalue weighted by Gasteiger charge is -2.27. The van der Waals surface area contributed by atoms with Crippen molar-refractivity contribution in [3.8, 4) is 0 Å². The van der Waals surface area contributed by atoms with Gasteiger partial charge >= 0.3 is 0 Å². The molecule has 0 spiro atoms. The van der Waals surface area contributed by atoms with Crippen LogP contribution in [-0.4, -0.2) is 32.3 Å². The Labute approximate surface area is 111 Å². The van der Waals surface area contributed by atoms with E-state index in [1.165, 1.54) is 17.4 Å². The second-order valence-corrected chi connectivity index (χ2v) is 7.14. The van der Waals surface area contributed by atoms with Crippen LogP contribution >= 0.6 is 11.3 Å². The minimum atomic E-state index is -3.48. The summed E-state index contributed by atoms with van der Waals surface area (Å²) in [6.45, 7) is 2.39. The normalized spacial score (nSPS) is 25.2. The fourth-order valence-electron chi connectivity index (χ4n) is 1.98. The van der Waals surface area contributed by atoms with Crippen molar-refractivity contribution in [2.24, 2.45) is 0 Å². The van der Waals surface area contributed by atoms with Crippen molar-refractivity contribution >= 4 is 21.4 Å². The van der Waals surface area contributed by atoms with Gasteiger partial charge in [-0.1, -0.05) is 0 Å². The van der Waals surface area contributed by atoms with Crippen molar-refractivity contribution in [1.82, 2.24) is 4.72 Å². The summed E-state index contributed by atoms with van der Waals surface area (Å²) in [6.07, 6.45) is 1.47. The number of hydrogen-bond acceptors (Lipinski definition) is 5. The Morgan fingerprint density at radius 3 is 3.00 bits per heavy atom. The number of ether oxygens (including phenoxy) is 1. The zero-order chi connectivity index (χ0) is 13.2. The average Bonchev–Trinajstić information content (AvgIpc) is 2.77. The van der Waals surface area contributed by atoms with Gasteiger partial charge in [-0.25, -0.2) is 13.1 Å². The Bertz CT molecular complexity index is 497. The van der Waals surface area contributed by atoms with Crippen LogP contribution in [0.25, 0.3) is 0 Å². The van der Waals surface area contributed by atoms with Crippen LogP contribution in [0.1, 0.15) is 24.6 Å². The highest BCUT2D eigenvalue weighted by molar-refractivity contribution is 7.89. The number of aliphatic hydroxyl groups is 1. The van der Waals surface area contributed by atoms with E-state index in [0.29, 0.717) is 24.3 Å². The number of nitrogens with one attached hydrogen (secondary N) is 1. The summed E-state index contributed by atoms with van der Waals surface area (Å²) in [5.74, 6) is 0. The van der Waals surface area contributed by atoms with Crippen molar-refractivity contribution in [2.45, 2.75) is 43.4 Å². The Morgan fingerprint density at radius 2 is 2.39 bits per heavy atom. The number of aliphatic hydroxyl groups excluding tert-OH is 1. The Hall–Kier alpha value is -0.470. The topological polar surface area (TPSA) is 75.6 Å². The van der Waals surface area contributed by atoms with Crippen molar-refractivity contribution in [3.63, 3.8) is 0 Å². The van der Waals surface area contributed by atoms with Crippen molar-refractivity contribution in [1.29, 1.82) is 0 Å². The van der Waals surface area contributed by atoms with Gasteiger partial charge in [0.2, 0.25) is 10.0 Å². The molecule has 1 saturated heterocycles. The van der Waals surface area contributed by atoms with Gasteiger partial charge in [-0.05, 0) is 25.8 Å². The summed E-state index contributed by atoms with van der Waals surface area (Å²) in [6, 6.07) is 1.44. The molecule has 5 nitrogen and oxygen atoms in total. The Balaban J connectivity index is 2.06. The molecule has 2 heterocycles. The van der Waals surface area contributed by atoms with Crippen molar-refractivity contribution in [3.05, 3.63) is 16.3 Å². The molecule has 1 aliphatic rings. The van der Waals surface area contributed by atoms with Crippen LogP contribution in [0.3, 0.4) is 0 Å². The highest BCUT2D eigenvalue weighted by atomic mass is 32.2. The molecule has 7 heteroatoms. The lowest BCUT2D eigenvalue weighted by atomic mass is 10.1. The molecule has 0 bridgehead atoms. The van der Waals surface area contributed by atoms with Gasteiger partial charge < -0.3 is 9.84 Å². The first-order valence-corrected chi connectivity index (χ1v) is 8.20. The monoisotopic (exact) mass is 291 g/mol. The van der Waals surface area contributed by atoms with E-state index in [-0.39, 0.29) is 23.6 Å². The lowest BCUT2D eigenvalue weighted by Crippen LogP contribution is -2.41. The molecular formula is C11H17NO4S2. The first-order valence-electron chi connectivity index (χ1n) is 5.83. The summed E-state index contributed by atoms with van der Waals surface area (Å²) in [4.78, 5) is 0.881. The van der Waals surface area contributed by atoms with E-state index in [0.717, 1.165) is 0 Å². The van der Waals surface area contributed by atoms with E-state index in [1.807, 2.05) is 6.92 Å². The first-order chi connectivity index (χ1) is 8.51. The van der Waals surface area contributed by atoms with Gasteiger partial charge in [0.1, 0.15) is 0 Å². The molecule has 2 rings (SSSR count). The second kappa shape index (κ2) is 5.66. The quantitative estimate of drug-likeness (QED) is 0.870. The van der Waals surface area contributed by atoms with Gasteiger partial charge in [-0.2, -0.15) is 0 Å². The summed E-state index contributed by atoms with van der Waals surface area (Å²) >= 11 is 1.25. The van der Waals surface area contributed by atoms with E-state index < -0.39 is 10.0 Å². The second-order valence-electron chi connectivity index (χ2n) is 4.43. The summed E-state index contributed by atoms with van der Waals surface area (Å²) in [5.41, 5.74) is 0. The third-order valence-corrected chi connectivity index (χ3v) is 5.47. The Kier molecular flexibility index (Phi) is 4.39. The van der Waals surface area contributed by atoms with Crippen molar-refractivity contribution in [2.75, 3.05) is 6.61 Å². The standard InChI is InChI=1S/C11H17NO4S2/c1-8-4-9(2-3-16-8)12-18(14,15)11-5-10(6-13)17-7-11/h5,7-9,12-13H,2-4,6H2,1H3. The van der Waals surface area contributed by atoms with Gasteiger partial charge in [-0.3, -0.25) is 0 Å². The Morgan fingerprint density at radius 1 is 1.61 bits per heavy atom. The number of hydrogen-bond donors (Lipinski definition) is 2. The first kappa shape index (κ1) is 14.0. The average molecular weight is 291 g/mol. The molecule has 2 unspecified atom stereocenters. The van der Waals surface area contributed by atoms with Gasteiger partial charge in [-0.15, -0.1) is 11.3 Å². The molecule has 0 radical (unpaired) electrons. The molecule has 102 valence electrons. The highest BCUT2D eigenvalue weighted by Gasteiger charge is 2.25. The largest absolute Gasteiger partial charge is 0.391 e. The minimum absolute atomic E-state index is 0.0729. The summed E-state index contributed by atoms with van der Waals surface area (Å²) in [5, 5.41) is 10.5. The fraction of sp³-hybridized carbons (Fsp3) is 0.636. The lowest BCUT2D eigenvalue weighted by molar-refractivity contribution is 0.0173. The van der Waals surface area contributed by atoms with Crippen LogP contribution in [0.5, 0.6) is 0 Å². The number of rotatable bonds is 4. The van der Waals surface area contributed by atoms with E-state index in [1.54, 1.807) is 5.38 Å². The molecule has 2 N–H and O–H groups in total. The van der Waals surface area contributed by atoms with Gasteiger partial charge in [0.15, 0.2) is 0 Å². The summed E-state index contributed by atoms with van der Waals surface area (Å²) in [7, 11) is -3.48. The number of thiophene rings is 1. The third-order valence-electron chi connectivity index (χ3n) is 2.90. The predicted molar refractivity (Wildman–Crippen MR) is 69.0 cm³/mol. The molecule has 18 heavy (non-hydrogen) atoms. The zero-order valence-electron chi connectivity index (χ0n) is 10.1. The third kappa shape index (κ3) is 3.30. The van der Waals surface area contributed by atoms with Gasteiger partial charge in [0.25, 0.3) is 0 Å². The molecule has 0 aliphatic carbocycles. The maximum absolute atomic E-state index is 12.1. The van der Waals surface area contributed by atoms with E-state index in [9.17, 15) is 8.42 Å². The van der Waals surface area contributed by atoms with Crippen LogP contribution < -0.4 is 4.72 Å². The smallest absolute Gasteiger partial charge is 0.241 e. The molecular weight excluding hydrogens is 274 g/mol. The number of sulfonamides is 1. The van der Waals surface area contributed by atoms with Crippen LogP contribution in [0.4, 0.5) is 0 Å². The maximum atomic E-state index is 12.1. The molecule has 0 amide bonds. The van der Waals surface area contributed by atoms with E-state index in [4.69, 9.17) is 9.84 Å². The molecule has 1 aromatic heterocycles. The molecule has 1 fully saturated rings. The van der Waals surface area contributed by atoms with Gasteiger partial charge in [0.05, 0.1) is 17.6 Å². The molecule has 1 aliphatic heterocycles. The molecule has 2 atom stereocenters. The van der Waals surface area contributed by atoms with Crippen LogP contribution in [-0.2, 0) is 21.4 Å². The van der Waals surface area contributed by atoms with Gasteiger partial charge in [0, 0.05) is 22.9 Å². The SMILES string of the molecule is CC1CC(NS(=O)(=O)c2csc(CO)c2)CCO1. The van der Waals surface area contributed by atoms with Crippen LogP contribution in [0.2, 0.25) is 0 Å². The molecule has 1 aromatic rings.